The molecule has 1 atom stereocenters. The highest BCUT2D eigenvalue weighted by Crippen LogP contribution is 2.41. The van der Waals surface area contributed by atoms with E-state index in [0.717, 1.165) is 38.6 Å². The molecule has 0 amide bonds. The van der Waals surface area contributed by atoms with E-state index in [1.165, 1.54) is 11.1 Å². The Labute approximate surface area is 115 Å². The van der Waals surface area contributed by atoms with Crippen LogP contribution in [0.25, 0.3) is 0 Å². The van der Waals surface area contributed by atoms with E-state index in [2.05, 4.69) is 29.6 Å². The minimum atomic E-state index is -0.619. The lowest BCUT2D eigenvalue weighted by molar-refractivity contribution is -0.0683. The Morgan fingerprint density at radius 2 is 2.00 bits per heavy atom. The number of ether oxygens (including phenoxy) is 1. The summed E-state index contributed by atoms with van der Waals surface area (Å²) >= 11 is 0. The fourth-order valence-electron chi connectivity index (χ4n) is 3.60. The van der Waals surface area contributed by atoms with Crippen molar-refractivity contribution in [2.75, 3.05) is 13.7 Å². The summed E-state index contributed by atoms with van der Waals surface area (Å²) in [6.07, 6.45) is 4.92. The second-order valence-corrected chi connectivity index (χ2v) is 5.87. The standard InChI is InChI=1S/C16H23NO2/c1-19-13-6-9-16(18,10-7-13)15-14-5-3-2-4-12(14)8-11-17-15/h2-5,13,15,17-18H,6-11H2,1H3. The maximum Gasteiger partial charge on any atom is 0.0843 e. The Morgan fingerprint density at radius 1 is 1.26 bits per heavy atom. The van der Waals surface area contributed by atoms with Crippen molar-refractivity contribution in [3.05, 3.63) is 35.4 Å². The molecule has 0 radical (unpaired) electrons. The molecule has 2 aliphatic rings. The zero-order valence-corrected chi connectivity index (χ0v) is 11.6. The van der Waals surface area contributed by atoms with E-state index in [1.54, 1.807) is 7.11 Å². The smallest absolute Gasteiger partial charge is 0.0843 e. The van der Waals surface area contributed by atoms with Gasteiger partial charge in [0.05, 0.1) is 17.7 Å². The average Bonchev–Trinajstić information content (AvgIpc) is 2.47. The van der Waals surface area contributed by atoms with Gasteiger partial charge < -0.3 is 15.2 Å². The third-order valence-corrected chi connectivity index (χ3v) is 4.78. The largest absolute Gasteiger partial charge is 0.388 e. The third kappa shape index (κ3) is 2.42. The van der Waals surface area contributed by atoms with Crippen molar-refractivity contribution < 1.29 is 9.84 Å². The summed E-state index contributed by atoms with van der Waals surface area (Å²) in [5.74, 6) is 0. The van der Waals surface area contributed by atoms with Crippen molar-refractivity contribution in [3.63, 3.8) is 0 Å². The van der Waals surface area contributed by atoms with Gasteiger partial charge >= 0.3 is 0 Å². The number of benzene rings is 1. The molecule has 1 heterocycles. The predicted octanol–water partition coefficient (Wildman–Crippen LogP) is 2.19. The molecular weight excluding hydrogens is 238 g/mol. The van der Waals surface area contributed by atoms with Gasteiger partial charge in [-0.3, -0.25) is 0 Å². The van der Waals surface area contributed by atoms with E-state index in [1.807, 2.05) is 0 Å². The molecule has 104 valence electrons. The lowest BCUT2D eigenvalue weighted by atomic mass is 9.74. The lowest BCUT2D eigenvalue weighted by Gasteiger charge is -2.44. The number of rotatable bonds is 2. The van der Waals surface area contributed by atoms with Crippen molar-refractivity contribution in [2.24, 2.45) is 0 Å². The zero-order chi connectivity index (χ0) is 13.3. The summed E-state index contributed by atoms with van der Waals surface area (Å²) in [6.45, 7) is 0.956. The van der Waals surface area contributed by atoms with Crippen molar-refractivity contribution in [2.45, 2.75) is 49.9 Å². The van der Waals surface area contributed by atoms with Crippen molar-refractivity contribution in [3.8, 4) is 0 Å². The summed E-state index contributed by atoms with van der Waals surface area (Å²) in [5.41, 5.74) is 2.05. The first kappa shape index (κ1) is 13.1. The van der Waals surface area contributed by atoms with Crippen LogP contribution in [0, 0.1) is 0 Å². The van der Waals surface area contributed by atoms with Crippen LogP contribution in [0.1, 0.15) is 42.9 Å². The van der Waals surface area contributed by atoms with Crippen LogP contribution in [0.2, 0.25) is 0 Å². The van der Waals surface area contributed by atoms with Gasteiger partial charge in [0.25, 0.3) is 0 Å². The molecule has 1 aromatic rings. The molecule has 3 nitrogen and oxygen atoms in total. The van der Waals surface area contributed by atoms with E-state index in [-0.39, 0.29) is 6.04 Å². The summed E-state index contributed by atoms with van der Waals surface area (Å²) in [4.78, 5) is 0. The Kier molecular flexibility index (Phi) is 3.61. The molecule has 1 aromatic carbocycles. The van der Waals surface area contributed by atoms with Gasteiger partial charge in [0.15, 0.2) is 0 Å². The number of methoxy groups -OCH3 is 1. The van der Waals surface area contributed by atoms with Crippen LogP contribution < -0.4 is 5.32 Å². The predicted molar refractivity (Wildman–Crippen MR) is 75.1 cm³/mol. The van der Waals surface area contributed by atoms with Gasteiger partial charge in [0, 0.05) is 7.11 Å². The molecule has 19 heavy (non-hydrogen) atoms. The van der Waals surface area contributed by atoms with E-state index in [9.17, 15) is 5.11 Å². The average molecular weight is 261 g/mol. The van der Waals surface area contributed by atoms with Gasteiger partial charge in [-0.15, -0.1) is 0 Å². The fraction of sp³-hybridized carbons (Fsp3) is 0.625. The SMILES string of the molecule is COC1CCC(O)(C2NCCc3ccccc32)CC1. The number of aliphatic hydroxyl groups is 1. The number of fused-ring (bicyclic) bond motifs is 1. The van der Waals surface area contributed by atoms with E-state index >= 15 is 0 Å². The summed E-state index contributed by atoms with van der Waals surface area (Å²) < 4.78 is 5.41. The minimum absolute atomic E-state index is 0.0789. The molecule has 1 fully saturated rings. The van der Waals surface area contributed by atoms with Gasteiger partial charge in [-0.05, 0) is 49.8 Å². The van der Waals surface area contributed by atoms with E-state index in [0.29, 0.717) is 6.10 Å². The normalized spacial score (nSPS) is 34.8. The summed E-state index contributed by atoms with van der Waals surface area (Å²) in [5, 5.41) is 14.6. The number of hydrogen-bond acceptors (Lipinski definition) is 3. The minimum Gasteiger partial charge on any atom is -0.388 e. The van der Waals surface area contributed by atoms with Gasteiger partial charge in [-0.25, -0.2) is 0 Å². The van der Waals surface area contributed by atoms with Crippen LogP contribution >= 0.6 is 0 Å². The second-order valence-electron chi connectivity index (χ2n) is 5.87. The van der Waals surface area contributed by atoms with E-state index in [4.69, 9.17) is 4.74 Å². The number of nitrogens with one attached hydrogen (secondary N) is 1. The fourth-order valence-corrected chi connectivity index (χ4v) is 3.60. The molecular formula is C16H23NO2. The van der Waals surface area contributed by atoms with Gasteiger partial charge in [-0.1, -0.05) is 24.3 Å². The van der Waals surface area contributed by atoms with Crippen molar-refractivity contribution in [1.29, 1.82) is 0 Å². The maximum absolute atomic E-state index is 11.0. The topological polar surface area (TPSA) is 41.5 Å². The summed E-state index contributed by atoms with van der Waals surface area (Å²) in [6, 6.07) is 8.59. The van der Waals surface area contributed by atoms with Gasteiger partial charge in [0.2, 0.25) is 0 Å². The molecule has 1 unspecified atom stereocenters. The first-order chi connectivity index (χ1) is 9.23. The van der Waals surface area contributed by atoms with Crippen LogP contribution in [-0.4, -0.2) is 30.5 Å². The number of hydrogen-bond donors (Lipinski definition) is 2. The monoisotopic (exact) mass is 261 g/mol. The first-order valence-corrected chi connectivity index (χ1v) is 7.29. The zero-order valence-electron chi connectivity index (χ0n) is 11.6. The molecule has 1 saturated carbocycles. The lowest BCUT2D eigenvalue weighted by Crippen LogP contribution is -2.49. The van der Waals surface area contributed by atoms with Crippen LogP contribution in [-0.2, 0) is 11.2 Å². The van der Waals surface area contributed by atoms with Gasteiger partial charge in [-0.2, -0.15) is 0 Å². The molecule has 1 aliphatic heterocycles. The van der Waals surface area contributed by atoms with Gasteiger partial charge in [0.1, 0.15) is 0 Å². The van der Waals surface area contributed by atoms with Crippen molar-refractivity contribution in [1.82, 2.24) is 5.32 Å². The first-order valence-electron chi connectivity index (χ1n) is 7.29. The quantitative estimate of drug-likeness (QED) is 0.857. The van der Waals surface area contributed by atoms with Crippen molar-refractivity contribution >= 4 is 0 Å². The summed E-state index contributed by atoms with van der Waals surface area (Å²) in [7, 11) is 1.77. The highest BCUT2D eigenvalue weighted by atomic mass is 16.5. The van der Waals surface area contributed by atoms with Crippen LogP contribution in [0.5, 0.6) is 0 Å². The molecule has 0 spiro atoms. The Morgan fingerprint density at radius 3 is 2.74 bits per heavy atom. The van der Waals surface area contributed by atoms with Crippen LogP contribution in [0.3, 0.4) is 0 Å². The Balaban J connectivity index is 1.83. The molecule has 2 N–H and O–H groups in total. The van der Waals surface area contributed by atoms with Crippen LogP contribution in [0.4, 0.5) is 0 Å². The molecule has 0 saturated heterocycles. The van der Waals surface area contributed by atoms with E-state index < -0.39 is 5.60 Å². The molecule has 0 bridgehead atoms. The highest BCUT2D eigenvalue weighted by molar-refractivity contribution is 5.34. The molecule has 3 heteroatoms. The van der Waals surface area contributed by atoms with Crippen LogP contribution in [0.15, 0.2) is 24.3 Å². The molecule has 0 aromatic heterocycles. The second kappa shape index (κ2) is 5.23. The highest BCUT2D eigenvalue weighted by Gasteiger charge is 2.42. The molecule has 1 aliphatic carbocycles. The Bertz CT molecular complexity index is 438. The molecule has 3 rings (SSSR count). The Hall–Kier alpha value is -0.900. The third-order valence-electron chi connectivity index (χ3n) is 4.78. The maximum atomic E-state index is 11.0.